The molecule has 0 unspecified atom stereocenters. The molecule has 20 heavy (non-hydrogen) atoms. The SMILES string of the molecule is CCc1cc2c(-n3cc(C(N)=O)cn3)nc(N)nc2s1. The Labute approximate surface area is 118 Å². The summed E-state index contributed by atoms with van der Waals surface area (Å²) in [6, 6.07) is 2.01. The molecule has 3 heterocycles. The van der Waals surface area contributed by atoms with Crippen molar-refractivity contribution < 1.29 is 4.79 Å². The number of rotatable bonds is 3. The molecule has 0 aliphatic carbocycles. The second-order valence-corrected chi connectivity index (χ2v) is 5.34. The van der Waals surface area contributed by atoms with Gasteiger partial charge < -0.3 is 11.5 Å². The van der Waals surface area contributed by atoms with E-state index in [1.54, 1.807) is 11.3 Å². The summed E-state index contributed by atoms with van der Waals surface area (Å²) in [6.07, 6.45) is 3.85. The van der Waals surface area contributed by atoms with Crippen LogP contribution in [0.2, 0.25) is 0 Å². The van der Waals surface area contributed by atoms with E-state index in [1.807, 2.05) is 6.07 Å². The Kier molecular flexibility index (Phi) is 2.87. The normalized spacial score (nSPS) is 11.1. The second-order valence-electron chi connectivity index (χ2n) is 4.23. The molecule has 1 amide bonds. The molecule has 0 aliphatic heterocycles. The predicted octanol–water partition coefficient (Wildman–Crippen LogP) is 1.12. The molecule has 0 radical (unpaired) electrons. The number of carbonyl (C=O) groups is 1. The van der Waals surface area contributed by atoms with Crippen molar-refractivity contribution in [3.8, 4) is 5.82 Å². The Balaban J connectivity index is 2.22. The lowest BCUT2D eigenvalue weighted by Crippen LogP contribution is -2.09. The molecule has 3 aromatic rings. The zero-order valence-corrected chi connectivity index (χ0v) is 11.5. The van der Waals surface area contributed by atoms with Crippen molar-refractivity contribution in [2.45, 2.75) is 13.3 Å². The summed E-state index contributed by atoms with van der Waals surface area (Å²) in [5.74, 6) is 0.193. The molecule has 0 fully saturated rings. The highest BCUT2D eigenvalue weighted by Crippen LogP contribution is 2.28. The number of nitrogen functional groups attached to an aromatic ring is 1. The van der Waals surface area contributed by atoms with Gasteiger partial charge in [0.05, 0.1) is 17.1 Å². The van der Waals surface area contributed by atoms with Gasteiger partial charge in [-0.1, -0.05) is 6.92 Å². The number of anilines is 1. The maximum absolute atomic E-state index is 11.1. The van der Waals surface area contributed by atoms with Crippen LogP contribution in [0.15, 0.2) is 18.5 Å². The summed E-state index contributed by atoms with van der Waals surface area (Å²) in [6.45, 7) is 2.07. The summed E-state index contributed by atoms with van der Waals surface area (Å²) >= 11 is 1.57. The third-order valence-corrected chi connectivity index (χ3v) is 4.05. The first-order valence-corrected chi connectivity index (χ1v) is 6.81. The van der Waals surface area contributed by atoms with Crippen LogP contribution in [0.3, 0.4) is 0 Å². The summed E-state index contributed by atoms with van der Waals surface area (Å²) in [4.78, 5) is 21.6. The van der Waals surface area contributed by atoms with Crippen LogP contribution >= 0.6 is 11.3 Å². The van der Waals surface area contributed by atoms with Crippen LogP contribution in [0.25, 0.3) is 16.0 Å². The minimum Gasteiger partial charge on any atom is -0.368 e. The quantitative estimate of drug-likeness (QED) is 0.749. The summed E-state index contributed by atoms with van der Waals surface area (Å²) in [5, 5.41) is 4.97. The summed E-state index contributed by atoms with van der Waals surface area (Å²) in [7, 11) is 0. The number of aromatic nitrogens is 4. The Morgan fingerprint density at radius 3 is 2.90 bits per heavy atom. The number of hydrogen-bond donors (Lipinski definition) is 2. The van der Waals surface area contributed by atoms with E-state index in [2.05, 4.69) is 22.0 Å². The van der Waals surface area contributed by atoms with Gasteiger partial charge in [0, 0.05) is 11.1 Å². The molecule has 0 atom stereocenters. The van der Waals surface area contributed by atoms with Crippen LogP contribution in [0.4, 0.5) is 5.95 Å². The highest BCUT2D eigenvalue weighted by atomic mass is 32.1. The van der Waals surface area contributed by atoms with Crippen LogP contribution in [0, 0.1) is 0 Å². The van der Waals surface area contributed by atoms with Crippen LogP contribution in [-0.4, -0.2) is 25.7 Å². The molecule has 8 heteroatoms. The standard InChI is InChI=1S/C12H12N6OS/c1-2-7-3-8-10(16-12(14)17-11(8)20-7)18-5-6(4-15-18)9(13)19/h3-5H,2H2,1H3,(H2,13,19)(H2,14,16,17). The van der Waals surface area contributed by atoms with Crippen molar-refractivity contribution in [2.24, 2.45) is 5.73 Å². The monoisotopic (exact) mass is 288 g/mol. The van der Waals surface area contributed by atoms with Crippen LogP contribution in [0.1, 0.15) is 22.2 Å². The average Bonchev–Trinajstić information content (AvgIpc) is 3.03. The van der Waals surface area contributed by atoms with Gasteiger partial charge in [0.15, 0.2) is 5.82 Å². The predicted molar refractivity (Wildman–Crippen MR) is 76.8 cm³/mol. The molecule has 7 nitrogen and oxygen atoms in total. The topological polar surface area (TPSA) is 113 Å². The van der Waals surface area contributed by atoms with Crippen molar-refractivity contribution in [1.29, 1.82) is 0 Å². The molecule has 102 valence electrons. The van der Waals surface area contributed by atoms with Gasteiger partial charge in [0.25, 0.3) is 5.91 Å². The van der Waals surface area contributed by atoms with Gasteiger partial charge in [-0.3, -0.25) is 4.79 Å². The number of nitrogens with zero attached hydrogens (tertiary/aromatic N) is 4. The number of aryl methyl sites for hydroxylation is 1. The van der Waals surface area contributed by atoms with E-state index in [0.29, 0.717) is 11.4 Å². The zero-order chi connectivity index (χ0) is 14.3. The van der Waals surface area contributed by atoms with Gasteiger partial charge in [0.2, 0.25) is 5.95 Å². The fraction of sp³-hybridized carbons (Fsp3) is 0.167. The van der Waals surface area contributed by atoms with Crippen molar-refractivity contribution >= 4 is 33.4 Å². The van der Waals surface area contributed by atoms with E-state index in [-0.39, 0.29) is 5.95 Å². The van der Waals surface area contributed by atoms with E-state index < -0.39 is 5.91 Å². The molecule has 3 rings (SSSR count). The van der Waals surface area contributed by atoms with Crippen molar-refractivity contribution in [3.05, 3.63) is 28.9 Å². The maximum Gasteiger partial charge on any atom is 0.251 e. The molecule has 0 aliphatic rings. The highest BCUT2D eigenvalue weighted by molar-refractivity contribution is 7.18. The fourth-order valence-electron chi connectivity index (χ4n) is 1.89. The number of fused-ring (bicyclic) bond motifs is 1. The highest BCUT2D eigenvalue weighted by Gasteiger charge is 2.14. The fourth-order valence-corrected chi connectivity index (χ4v) is 2.86. The van der Waals surface area contributed by atoms with Gasteiger partial charge >= 0.3 is 0 Å². The average molecular weight is 288 g/mol. The van der Waals surface area contributed by atoms with Crippen molar-refractivity contribution in [1.82, 2.24) is 19.7 Å². The lowest BCUT2D eigenvalue weighted by molar-refractivity contribution is 0.100. The molecular formula is C12H12N6OS. The third kappa shape index (κ3) is 1.99. The van der Waals surface area contributed by atoms with Crippen molar-refractivity contribution in [2.75, 3.05) is 5.73 Å². The molecule has 0 bridgehead atoms. The van der Waals surface area contributed by atoms with E-state index in [4.69, 9.17) is 11.5 Å². The first kappa shape index (κ1) is 12.5. The molecule has 0 aromatic carbocycles. The number of thiophene rings is 1. The largest absolute Gasteiger partial charge is 0.368 e. The molecule has 3 aromatic heterocycles. The van der Waals surface area contributed by atoms with Gasteiger partial charge in [-0.05, 0) is 12.5 Å². The van der Waals surface area contributed by atoms with Crippen LogP contribution < -0.4 is 11.5 Å². The Morgan fingerprint density at radius 2 is 2.25 bits per heavy atom. The smallest absolute Gasteiger partial charge is 0.251 e. The van der Waals surface area contributed by atoms with E-state index in [0.717, 1.165) is 16.6 Å². The van der Waals surface area contributed by atoms with Gasteiger partial charge in [-0.15, -0.1) is 11.3 Å². The van der Waals surface area contributed by atoms with Crippen molar-refractivity contribution in [3.63, 3.8) is 0 Å². The van der Waals surface area contributed by atoms with Crippen LogP contribution in [-0.2, 0) is 6.42 Å². The minimum absolute atomic E-state index is 0.174. The van der Waals surface area contributed by atoms with Gasteiger partial charge in [-0.2, -0.15) is 10.1 Å². The van der Waals surface area contributed by atoms with E-state index >= 15 is 0 Å². The molecule has 0 saturated carbocycles. The zero-order valence-electron chi connectivity index (χ0n) is 10.7. The molecular weight excluding hydrogens is 276 g/mol. The second kappa shape index (κ2) is 4.57. The Bertz CT molecular complexity index is 805. The van der Waals surface area contributed by atoms with E-state index in [1.165, 1.54) is 22.0 Å². The summed E-state index contributed by atoms with van der Waals surface area (Å²) in [5.41, 5.74) is 11.3. The number of carbonyl (C=O) groups excluding carboxylic acids is 1. The first-order chi connectivity index (χ1) is 9.58. The third-order valence-electron chi connectivity index (χ3n) is 2.87. The number of hydrogen-bond acceptors (Lipinski definition) is 6. The molecule has 0 saturated heterocycles. The number of primary amides is 1. The van der Waals surface area contributed by atoms with Gasteiger partial charge in [-0.25, -0.2) is 9.67 Å². The maximum atomic E-state index is 11.1. The summed E-state index contributed by atoms with van der Waals surface area (Å²) < 4.78 is 1.49. The number of amides is 1. The van der Waals surface area contributed by atoms with E-state index in [9.17, 15) is 4.79 Å². The first-order valence-electron chi connectivity index (χ1n) is 5.99. The number of nitrogens with two attached hydrogens (primary N) is 2. The minimum atomic E-state index is -0.533. The molecule has 0 spiro atoms. The Hall–Kier alpha value is -2.48. The van der Waals surface area contributed by atoms with Crippen LogP contribution in [0.5, 0.6) is 0 Å². The Morgan fingerprint density at radius 1 is 1.45 bits per heavy atom. The lowest BCUT2D eigenvalue weighted by Gasteiger charge is -2.02. The lowest BCUT2D eigenvalue weighted by atomic mass is 10.3. The molecule has 4 N–H and O–H groups in total. The van der Waals surface area contributed by atoms with Gasteiger partial charge in [0.1, 0.15) is 4.83 Å².